The van der Waals surface area contributed by atoms with E-state index in [1.165, 1.54) is 19.1 Å². The molecule has 0 amide bonds. The quantitative estimate of drug-likeness (QED) is 0.753. The number of carbonyl (C=O) groups is 2. The Morgan fingerprint density at radius 1 is 1.06 bits per heavy atom. The highest BCUT2D eigenvalue weighted by molar-refractivity contribution is 6.05. The largest absolute Gasteiger partial charge is 0.298 e. The standard InChI is InChI=1S/C14H12O2/c1-11(15)14(9-7-13(16)8-10-14)12-5-3-2-4-6-12/h2-10H,1H3. The van der Waals surface area contributed by atoms with Crippen LogP contribution in [0.2, 0.25) is 0 Å². The van der Waals surface area contributed by atoms with Crippen molar-refractivity contribution in [3.63, 3.8) is 0 Å². The predicted octanol–water partition coefficient (Wildman–Crippen LogP) is 2.21. The third kappa shape index (κ3) is 1.63. The first kappa shape index (κ1) is 10.6. The van der Waals surface area contributed by atoms with Gasteiger partial charge in [-0.1, -0.05) is 42.5 Å². The van der Waals surface area contributed by atoms with Gasteiger partial charge in [0, 0.05) is 0 Å². The summed E-state index contributed by atoms with van der Waals surface area (Å²) < 4.78 is 0. The minimum atomic E-state index is -0.769. The van der Waals surface area contributed by atoms with Crippen LogP contribution in [0.3, 0.4) is 0 Å². The molecule has 0 bridgehead atoms. The third-order valence-corrected chi connectivity index (χ3v) is 2.86. The highest BCUT2D eigenvalue weighted by atomic mass is 16.1. The van der Waals surface area contributed by atoms with E-state index in [2.05, 4.69) is 0 Å². The molecule has 0 aromatic heterocycles. The molecule has 0 saturated carbocycles. The highest BCUT2D eigenvalue weighted by Gasteiger charge is 2.33. The summed E-state index contributed by atoms with van der Waals surface area (Å²) in [6.45, 7) is 1.54. The molecule has 0 spiro atoms. The molecule has 2 heteroatoms. The van der Waals surface area contributed by atoms with Crippen LogP contribution in [0.5, 0.6) is 0 Å². The number of Topliss-reactive ketones (excluding diaryl/α,β-unsaturated/α-hetero) is 1. The van der Waals surface area contributed by atoms with Crippen LogP contribution in [0.1, 0.15) is 12.5 Å². The molecule has 2 rings (SSSR count). The first-order chi connectivity index (χ1) is 7.65. The minimum Gasteiger partial charge on any atom is -0.298 e. The molecule has 0 unspecified atom stereocenters. The Labute approximate surface area is 94.3 Å². The zero-order chi connectivity index (χ0) is 11.6. The van der Waals surface area contributed by atoms with Crippen LogP contribution in [-0.4, -0.2) is 11.6 Å². The summed E-state index contributed by atoms with van der Waals surface area (Å²) in [6.07, 6.45) is 6.25. The third-order valence-electron chi connectivity index (χ3n) is 2.86. The maximum absolute atomic E-state index is 11.8. The van der Waals surface area contributed by atoms with Crippen LogP contribution < -0.4 is 0 Å². The molecule has 1 aliphatic rings. The summed E-state index contributed by atoms with van der Waals surface area (Å²) in [4.78, 5) is 22.9. The van der Waals surface area contributed by atoms with Gasteiger partial charge in [-0.2, -0.15) is 0 Å². The van der Waals surface area contributed by atoms with Gasteiger partial charge in [-0.05, 0) is 24.6 Å². The zero-order valence-electron chi connectivity index (χ0n) is 9.01. The molecule has 1 aromatic carbocycles. The maximum atomic E-state index is 11.8. The number of hydrogen-bond donors (Lipinski definition) is 0. The van der Waals surface area contributed by atoms with Gasteiger partial charge in [0.15, 0.2) is 5.78 Å². The monoisotopic (exact) mass is 212 g/mol. The Morgan fingerprint density at radius 3 is 2.12 bits per heavy atom. The van der Waals surface area contributed by atoms with E-state index in [4.69, 9.17) is 0 Å². The lowest BCUT2D eigenvalue weighted by Crippen LogP contribution is -2.31. The Kier molecular flexibility index (Phi) is 2.57. The van der Waals surface area contributed by atoms with E-state index in [9.17, 15) is 9.59 Å². The smallest absolute Gasteiger partial charge is 0.178 e. The fraction of sp³-hybridized carbons (Fsp3) is 0.143. The van der Waals surface area contributed by atoms with Crippen molar-refractivity contribution in [1.82, 2.24) is 0 Å². The van der Waals surface area contributed by atoms with Crippen molar-refractivity contribution in [1.29, 1.82) is 0 Å². The molecular weight excluding hydrogens is 200 g/mol. The average molecular weight is 212 g/mol. The van der Waals surface area contributed by atoms with Gasteiger partial charge in [-0.25, -0.2) is 0 Å². The second-order valence-electron chi connectivity index (χ2n) is 3.86. The summed E-state index contributed by atoms with van der Waals surface area (Å²) in [7, 11) is 0. The number of hydrogen-bond acceptors (Lipinski definition) is 2. The van der Waals surface area contributed by atoms with Crippen molar-refractivity contribution in [3.05, 3.63) is 60.2 Å². The molecule has 0 radical (unpaired) electrons. The number of allylic oxidation sites excluding steroid dienone is 4. The van der Waals surface area contributed by atoms with Gasteiger partial charge in [0.1, 0.15) is 5.78 Å². The number of ketones is 2. The molecule has 0 aliphatic heterocycles. The van der Waals surface area contributed by atoms with Crippen LogP contribution in [0, 0.1) is 0 Å². The lowest BCUT2D eigenvalue weighted by atomic mass is 9.74. The van der Waals surface area contributed by atoms with Crippen LogP contribution in [0.25, 0.3) is 0 Å². The second kappa shape index (κ2) is 3.89. The number of carbonyl (C=O) groups excluding carboxylic acids is 2. The minimum absolute atomic E-state index is 0.0127. The Bertz CT molecular complexity index is 465. The van der Waals surface area contributed by atoms with E-state index in [1.54, 1.807) is 12.2 Å². The van der Waals surface area contributed by atoms with Crippen LogP contribution in [0.4, 0.5) is 0 Å². The first-order valence-electron chi connectivity index (χ1n) is 5.14. The fourth-order valence-corrected chi connectivity index (χ4v) is 1.88. The lowest BCUT2D eigenvalue weighted by molar-refractivity contribution is -0.119. The van der Waals surface area contributed by atoms with Gasteiger partial charge in [0.25, 0.3) is 0 Å². The predicted molar refractivity (Wildman–Crippen MR) is 62.1 cm³/mol. The van der Waals surface area contributed by atoms with E-state index in [0.717, 1.165) is 5.56 Å². The molecule has 16 heavy (non-hydrogen) atoms. The van der Waals surface area contributed by atoms with Gasteiger partial charge >= 0.3 is 0 Å². The van der Waals surface area contributed by atoms with Crippen LogP contribution >= 0.6 is 0 Å². The molecule has 0 atom stereocenters. The van der Waals surface area contributed by atoms with Crippen molar-refractivity contribution in [2.45, 2.75) is 12.3 Å². The summed E-state index contributed by atoms with van der Waals surface area (Å²) in [5.41, 5.74) is 0.123. The van der Waals surface area contributed by atoms with E-state index in [0.29, 0.717) is 0 Å². The second-order valence-corrected chi connectivity index (χ2v) is 3.86. The Hall–Kier alpha value is -1.96. The van der Waals surface area contributed by atoms with Crippen molar-refractivity contribution in [3.8, 4) is 0 Å². The van der Waals surface area contributed by atoms with E-state index < -0.39 is 5.41 Å². The van der Waals surface area contributed by atoms with E-state index in [1.807, 2.05) is 30.3 Å². The summed E-state index contributed by atoms with van der Waals surface area (Å²) in [6, 6.07) is 9.47. The Balaban J connectivity index is 2.55. The van der Waals surface area contributed by atoms with Crippen molar-refractivity contribution in [2.75, 3.05) is 0 Å². The van der Waals surface area contributed by atoms with Crippen molar-refractivity contribution < 1.29 is 9.59 Å². The molecule has 0 heterocycles. The number of benzene rings is 1. The Morgan fingerprint density at radius 2 is 1.62 bits per heavy atom. The molecule has 1 aliphatic carbocycles. The normalized spacial score (nSPS) is 17.4. The molecule has 1 aromatic rings. The SMILES string of the molecule is CC(=O)C1(c2ccccc2)C=CC(=O)C=C1. The first-order valence-corrected chi connectivity index (χ1v) is 5.14. The molecule has 0 N–H and O–H groups in total. The molecule has 0 fully saturated rings. The van der Waals surface area contributed by atoms with E-state index >= 15 is 0 Å². The lowest BCUT2D eigenvalue weighted by Gasteiger charge is -2.26. The average Bonchev–Trinajstić information content (AvgIpc) is 2.31. The summed E-state index contributed by atoms with van der Waals surface area (Å²) in [5.74, 6) is -0.0634. The summed E-state index contributed by atoms with van der Waals surface area (Å²) in [5, 5.41) is 0. The van der Waals surface area contributed by atoms with Gasteiger partial charge < -0.3 is 0 Å². The van der Waals surface area contributed by atoms with Crippen LogP contribution in [-0.2, 0) is 15.0 Å². The maximum Gasteiger partial charge on any atom is 0.178 e. The van der Waals surface area contributed by atoms with E-state index in [-0.39, 0.29) is 11.6 Å². The van der Waals surface area contributed by atoms with Crippen LogP contribution in [0.15, 0.2) is 54.6 Å². The van der Waals surface area contributed by atoms with Gasteiger partial charge in [-0.15, -0.1) is 0 Å². The molecular formula is C14H12O2. The topological polar surface area (TPSA) is 34.1 Å². The van der Waals surface area contributed by atoms with Crippen molar-refractivity contribution in [2.24, 2.45) is 0 Å². The number of rotatable bonds is 2. The van der Waals surface area contributed by atoms with Gasteiger partial charge in [0.05, 0.1) is 5.41 Å². The summed E-state index contributed by atoms with van der Waals surface area (Å²) >= 11 is 0. The van der Waals surface area contributed by atoms with Gasteiger partial charge in [-0.3, -0.25) is 9.59 Å². The highest BCUT2D eigenvalue weighted by Crippen LogP contribution is 2.30. The van der Waals surface area contributed by atoms with Gasteiger partial charge in [0.2, 0.25) is 0 Å². The molecule has 0 saturated heterocycles. The van der Waals surface area contributed by atoms with Crippen molar-refractivity contribution >= 4 is 11.6 Å². The molecule has 2 nitrogen and oxygen atoms in total. The fourth-order valence-electron chi connectivity index (χ4n) is 1.88. The zero-order valence-corrected chi connectivity index (χ0v) is 9.01. The molecule has 80 valence electrons.